The van der Waals surface area contributed by atoms with E-state index in [1.54, 1.807) is 0 Å². The lowest BCUT2D eigenvalue weighted by molar-refractivity contribution is 0.0304. The molecule has 1 fully saturated rings. The van der Waals surface area contributed by atoms with Gasteiger partial charge in [-0.05, 0) is 50.8 Å². The lowest BCUT2D eigenvalue weighted by Gasteiger charge is -2.26. The largest absolute Gasteiger partial charge is 0.378 e. The van der Waals surface area contributed by atoms with E-state index in [1.807, 2.05) is 66.2 Å². The molecule has 0 unspecified atom stereocenters. The molecule has 0 atom stereocenters. The first kappa shape index (κ1) is 24.0. The van der Waals surface area contributed by atoms with E-state index >= 15 is 0 Å². The SMILES string of the molecule is CCN(CC)C(=O)c1ccccc1CCCCn1cc(C(=O)N2CCOCC2)c2ccccc21. The Balaban J connectivity index is 1.43. The van der Waals surface area contributed by atoms with Crippen LogP contribution in [0.3, 0.4) is 0 Å². The quantitative estimate of drug-likeness (QED) is 0.437. The number of fused-ring (bicyclic) bond motifs is 1. The van der Waals surface area contributed by atoms with Crippen LogP contribution in [0.1, 0.15) is 53.0 Å². The van der Waals surface area contributed by atoms with Crippen LogP contribution in [0.5, 0.6) is 0 Å². The van der Waals surface area contributed by atoms with Crippen molar-refractivity contribution in [3.63, 3.8) is 0 Å². The summed E-state index contributed by atoms with van der Waals surface area (Å²) in [5.41, 5.74) is 3.79. The highest BCUT2D eigenvalue weighted by molar-refractivity contribution is 6.07. The van der Waals surface area contributed by atoms with Gasteiger partial charge in [0.1, 0.15) is 0 Å². The molecule has 1 saturated heterocycles. The number of rotatable bonds is 9. The number of morpholine rings is 1. The molecular formula is C28H35N3O3. The topological polar surface area (TPSA) is 54.8 Å². The summed E-state index contributed by atoms with van der Waals surface area (Å²) in [6.07, 6.45) is 4.82. The first-order valence-corrected chi connectivity index (χ1v) is 12.5. The predicted molar refractivity (Wildman–Crippen MR) is 135 cm³/mol. The summed E-state index contributed by atoms with van der Waals surface area (Å²) < 4.78 is 7.61. The van der Waals surface area contributed by atoms with Gasteiger partial charge in [0.2, 0.25) is 0 Å². The summed E-state index contributed by atoms with van der Waals surface area (Å²) >= 11 is 0. The maximum absolute atomic E-state index is 13.2. The van der Waals surface area contributed by atoms with Crippen molar-refractivity contribution in [3.8, 4) is 0 Å². The van der Waals surface area contributed by atoms with Gasteiger partial charge in [-0.3, -0.25) is 9.59 Å². The molecule has 1 aromatic heterocycles. The maximum Gasteiger partial charge on any atom is 0.256 e. The van der Waals surface area contributed by atoms with Gasteiger partial charge in [0.15, 0.2) is 0 Å². The zero-order valence-electron chi connectivity index (χ0n) is 20.3. The number of benzene rings is 2. The average Bonchev–Trinajstić information content (AvgIpc) is 3.26. The van der Waals surface area contributed by atoms with E-state index in [0.717, 1.165) is 66.5 Å². The van der Waals surface area contributed by atoms with Crippen molar-refractivity contribution < 1.29 is 14.3 Å². The number of hydrogen-bond acceptors (Lipinski definition) is 3. The zero-order chi connectivity index (χ0) is 23.9. The molecule has 2 aromatic carbocycles. The molecule has 1 aliphatic rings. The number of para-hydroxylation sites is 1. The fourth-order valence-corrected chi connectivity index (χ4v) is 4.76. The molecule has 0 bridgehead atoms. The minimum absolute atomic E-state index is 0.0853. The van der Waals surface area contributed by atoms with Gasteiger partial charge in [-0.15, -0.1) is 0 Å². The second kappa shape index (κ2) is 11.3. The van der Waals surface area contributed by atoms with Gasteiger partial charge in [-0.1, -0.05) is 36.4 Å². The van der Waals surface area contributed by atoms with Crippen molar-refractivity contribution >= 4 is 22.7 Å². The minimum Gasteiger partial charge on any atom is -0.378 e. The van der Waals surface area contributed by atoms with Crippen LogP contribution >= 0.6 is 0 Å². The lowest BCUT2D eigenvalue weighted by Crippen LogP contribution is -2.40. The molecule has 34 heavy (non-hydrogen) atoms. The van der Waals surface area contributed by atoms with Gasteiger partial charge in [-0.2, -0.15) is 0 Å². The van der Waals surface area contributed by atoms with Crippen molar-refractivity contribution in [2.75, 3.05) is 39.4 Å². The van der Waals surface area contributed by atoms with Crippen molar-refractivity contribution in [2.24, 2.45) is 0 Å². The Kier molecular flexibility index (Phi) is 8.01. The van der Waals surface area contributed by atoms with Gasteiger partial charge < -0.3 is 19.1 Å². The number of carbonyl (C=O) groups excluding carboxylic acids is 2. The number of aryl methyl sites for hydroxylation is 2. The first-order chi connectivity index (χ1) is 16.6. The van der Waals surface area contributed by atoms with Crippen LogP contribution in [0.2, 0.25) is 0 Å². The first-order valence-electron chi connectivity index (χ1n) is 12.5. The summed E-state index contributed by atoms with van der Waals surface area (Å²) in [6, 6.07) is 16.1. The van der Waals surface area contributed by atoms with E-state index in [0.29, 0.717) is 26.3 Å². The second-order valence-corrected chi connectivity index (χ2v) is 8.75. The monoisotopic (exact) mass is 461 g/mol. The van der Waals surface area contributed by atoms with E-state index in [2.05, 4.69) is 16.7 Å². The Morgan fingerprint density at radius 1 is 0.912 bits per heavy atom. The molecule has 0 spiro atoms. The molecule has 0 radical (unpaired) electrons. The van der Waals surface area contributed by atoms with Crippen LogP contribution in [-0.2, 0) is 17.7 Å². The molecule has 4 rings (SSSR count). The predicted octanol–water partition coefficient (Wildman–Crippen LogP) is 4.62. The summed E-state index contributed by atoms with van der Waals surface area (Å²) in [6.45, 7) is 8.79. The maximum atomic E-state index is 13.2. The molecule has 6 nitrogen and oxygen atoms in total. The molecule has 2 amide bonds. The summed E-state index contributed by atoms with van der Waals surface area (Å²) in [5.74, 6) is 0.199. The van der Waals surface area contributed by atoms with Crippen LogP contribution in [0, 0.1) is 0 Å². The number of unbranched alkanes of at least 4 members (excludes halogenated alkanes) is 1. The third-order valence-electron chi connectivity index (χ3n) is 6.71. The van der Waals surface area contributed by atoms with Gasteiger partial charge in [-0.25, -0.2) is 0 Å². The zero-order valence-corrected chi connectivity index (χ0v) is 20.3. The van der Waals surface area contributed by atoms with Crippen LogP contribution in [0.25, 0.3) is 10.9 Å². The molecule has 0 saturated carbocycles. The van der Waals surface area contributed by atoms with E-state index in [4.69, 9.17) is 4.74 Å². The fourth-order valence-electron chi connectivity index (χ4n) is 4.76. The van der Waals surface area contributed by atoms with Crippen LogP contribution < -0.4 is 0 Å². The van der Waals surface area contributed by atoms with Gasteiger partial charge in [0, 0.05) is 55.4 Å². The number of amides is 2. The normalized spacial score (nSPS) is 13.9. The van der Waals surface area contributed by atoms with Crippen molar-refractivity contribution in [3.05, 3.63) is 71.4 Å². The molecule has 1 aliphatic heterocycles. The number of nitrogens with zero attached hydrogens (tertiary/aromatic N) is 3. The number of ether oxygens (including phenoxy) is 1. The summed E-state index contributed by atoms with van der Waals surface area (Å²) in [4.78, 5) is 29.8. The Hall–Kier alpha value is -3.12. The Morgan fingerprint density at radius 2 is 1.62 bits per heavy atom. The fraction of sp³-hybridized carbons (Fsp3) is 0.429. The Morgan fingerprint density at radius 3 is 2.38 bits per heavy atom. The van der Waals surface area contributed by atoms with Crippen molar-refractivity contribution in [1.29, 1.82) is 0 Å². The third kappa shape index (κ3) is 5.17. The second-order valence-electron chi connectivity index (χ2n) is 8.75. The molecule has 2 heterocycles. The van der Waals surface area contributed by atoms with Gasteiger partial charge >= 0.3 is 0 Å². The molecule has 6 heteroatoms. The van der Waals surface area contributed by atoms with Crippen LogP contribution in [0.4, 0.5) is 0 Å². The third-order valence-corrected chi connectivity index (χ3v) is 6.71. The number of aromatic nitrogens is 1. The smallest absolute Gasteiger partial charge is 0.256 e. The average molecular weight is 462 g/mol. The molecule has 180 valence electrons. The van der Waals surface area contributed by atoms with E-state index in [-0.39, 0.29) is 11.8 Å². The molecule has 0 aliphatic carbocycles. The highest BCUT2D eigenvalue weighted by Crippen LogP contribution is 2.24. The Bertz CT molecular complexity index is 1130. The highest BCUT2D eigenvalue weighted by Gasteiger charge is 2.22. The van der Waals surface area contributed by atoms with Gasteiger partial charge in [0.25, 0.3) is 11.8 Å². The number of hydrogen-bond donors (Lipinski definition) is 0. The molecule has 0 N–H and O–H groups in total. The van der Waals surface area contributed by atoms with Crippen molar-refractivity contribution in [1.82, 2.24) is 14.4 Å². The Labute approximate surface area is 202 Å². The highest BCUT2D eigenvalue weighted by atomic mass is 16.5. The van der Waals surface area contributed by atoms with Crippen molar-refractivity contribution in [2.45, 2.75) is 39.7 Å². The lowest BCUT2D eigenvalue weighted by atomic mass is 10.0. The van der Waals surface area contributed by atoms with Crippen LogP contribution in [-0.4, -0.2) is 65.6 Å². The van der Waals surface area contributed by atoms with E-state index < -0.39 is 0 Å². The van der Waals surface area contributed by atoms with Crippen LogP contribution in [0.15, 0.2) is 54.7 Å². The van der Waals surface area contributed by atoms with E-state index in [9.17, 15) is 9.59 Å². The van der Waals surface area contributed by atoms with E-state index in [1.165, 1.54) is 0 Å². The van der Waals surface area contributed by atoms with Gasteiger partial charge in [0.05, 0.1) is 18.8 Å². The number of carbonyl (C=O) groups is 2. The standard InChI is InChI=1S/C28H35N3O3/c1-3-29(4-2)27(32)23-13-6-5-11-22(23)12-9-10-16-31-21-25(24-14-7-8-15-26(24)31)28(33)30-17-19-34-20-18-30/h5-8,11,13-15,21H,3-4,9-10,12,16-20H2,1-2H3. The minimum atomic E-state index is 0.0853. The molecular weight excluding hydrogens is 426 g/mol. The molecule has 3 aromatic rings. The summed E-state index contributed by atoms with van der Waals surface area (Å²) in [5, 5.41) is 1.01. The summed E-state index contributed by atoms with van der Waals surface area (Å²) in [7, 11) is 0.